The van der Waals surface area contributed by atoms with Gasteiger partial charge in [-0.2, -0.15) is 0 Å². The van der Waals surface area contributed by atoms with Crippen LogP contribution >= 0.6 is 0 Å². The van der Waals surface area contributed by atoms with E-state index in [9.17, 15) is 4.79 Å². The Kier molecular flexibility index (Phi) is 4.11. The van der Waals surface area contributed by atoms with E-state index in [1.165, 1.54) is 0 Å². The van der Waals surface area contributed by atoms with E-state index >= 15 is 0 Å². The first-order chi connectivity index (χ1) is 7.52. The summed E-state index contributed by atoms with van der Waals surface area (Å²) < 4.78 is 5.39. The van der Waals surface area contributed by atoms with Crippen LogP contribution in [0.15, 0.2) is 12.1 Å². The molecule has 0 saturated heterocycles. The minimum absolute atomic E-state index is 0.329. The predicted molar refractivity (Wildman–Crippen MR) is 66.6 cm³/mol. The van der Waals surface area contributed by atoms with Gasteiger partial charge in [-0.15, -0.1) is 0 Å². The summed E-state index contributed by atoms with van der Waals surface area (Å²) in [6, 6.07) is 4.10. The van der Waals surface area contributed by atoms with Gasteiger partial charge in [-0.1, -0.05) is 39.8 Å². The molecule has 0 fully saturated rings. The molecule has 0 aliphatic carbocycles. The van der Waals surface area contributed by atoms with Gasteiger partial charge >= 0.3 is 0 Å². The molecule has 0 spiro atoms. The van der Waals surface area contributed by atoms with Gasteiger partial charge in [0.2, 0.25) is 0 Å². The summed E-state index contributed by atoms with van der Waals surface area (Å²) in [6.07, 6.45) is 0.903. The van der Waals surface area contributed by atoms with Crippen LogP contribution in [-0.2, 0) is 0 Å². The first kappa shape index (κ1) is 12.8. The summed E-state index contributed by atoms with van der Waals surface area (Å²) >= 11 is 0. The zero-order valence-electron chi connectivity index (χ0n) is 10.7. The maximum Gasteiger partial charge on any atom is 0.154 e. The minimum atomic E-state index is 0.329. The van der Waals surface area contributed by atoms with Crippen molar-refractivity contribution < 1.29 is 9.53 Å². The first-order valence-electron chi connectivity index (χ1n) is 5.68. The van der Waals surface area contributed by atoms with Gasteiger partial charge in [0.25, 0.3) is 0 Å². The van der Waals surface area contributed by atoms with Crippen LogP contribution in [0.1, 0.15) is 61.0 Å². The Labute approximate surface area is 97.6 Å². The van der Waals surface area contributed by atoms with E-state index in [1.54, 1.807) is 7.11 Å². The van der Waals surface area contributed by atoms with Gasteiger partial charge in [-0.05, 0) is 23.0 Å². The maximum absolute atomic E-state index is 11.2. The Balaban J connectivity index is 3.46. The van der Waals surface area contributed by atoms with E-state index in [2.05, 4.69) is 33.8 Å². The largest absolute Gasteiger partial charge is 0.496 e. The van der Waals surface area contributed by atoms with Gasteiger partial charge in [0.1, 0.15) is 5.75 Å². The second kappa shape index (κ2) is 5.15. The molecule has 0 saturated carbocycles. The Bertz CT molecular complexity index is 379. The lowest BCUT2D eigenvalue weighted by molar-refractivity contribution is 0.111. The third-order valence-electron chi connectivity index (χ3n) is 2.83. The van der Waals surface area contributed by atoms with Gasteiger partial charge in [-0.3, -0.25) is 4.79 Å². The molecule has 0 atom stereocenters. The topological polar surface area (TPSA) is 26.3 Å². The van der Waals surface area contributed by atoms with Crippen molar-refractivity contribution >= 4 is 6.29 Å². The van der Waals surface area contributed by atoms with Crippen molar-refractivity contribution in [3.05, 3.63) is 28.8 Å². The van der Waals surface area contributed by atoms with Crippen molar-refractivity contribution in [2.24, 2.45) is 0 Å². The smallest absolute Gasteiger partial charge is 0.154 e. The third-order valence-corrected chi connectivity index (χ3v) is 2.83. The molecule has 1 rings (SSSR count). The normalized spacial score (nSPS) is 10.9. The molecule has 1 aromatic rings. The molecule has 0 radical (unpaired) electrons. The van der Waals surface area contributed by atoms with Crippen LogP contribution in [0.4, 0.5) is 0 Å². The van der Waals surface area contributed by atoms with Crippen molar-refractivity contribution in [1.29, 1.82) is 0 Å². The van der Waals surface area contributed by atoms with Gasteiger partial charge in [0.15, 0.2) is 6.29 Å². The second-order valence-electron chi connectivity index (χ2n) is 4.62. The number of rotatable bonds is 4. The van der Waals surface area contributed by atoms with E-state index in [0.717, 1.165) is 23.2 Å². The number of carbonyl (C=O) groups is 1. The number of aldehydes is 1. The number of carbonyl (C=O) groups excluding carboxylic acids is 1. The Hall–Kier alpha value is -1.31. The van der Waals surface area contributed by atoms with Crippen LogP contribution in [0.5, 0.6) is 5.75 Å². The van der Waals surface area contributed by atoms with Crippen molar-refractivity contribution in [2.75, 3.05) is 7.11 Å². The molecule has 2 heteroatoms. The quantitative estimate of drug-likeness (QED) is 0.722. The molecule has 0 N–H and O–H groups in total. The Morgan fingerprint density at radius 1 is 1.06 bits per heavy atom. The highest BCUT2D eigenvalue weighted by Crippen LogP contribution is 2.34. The molecule has 0 aliphatic heterocycles. The van der Waals surface area contributed by atoms with Crippen molar-refractivity contribution in [2.45, 2.75) is 39.5 Å². The number of ether oxygens (including phenoxy) is 1. The molecule has 88 valence electrons. The summed E-state index contributed by atoms with van der Waals surface area (Å²) in [7, 11) is 1.62. The highest BCUT2D eigenvalue weighted by molar-refractivity contribution is 5.83. The highest BCUT2D eigenvalue weighted by Gasteiger charge is 2.17. The minimum Gasteiger partial charge on any atom is -0.496 e. The lowest BCUT2D eigenvalue weighted by Crippen LogP contribution is -2.03. The fourth-order valence-corrected chi connectivity index (χ4v) is 1.94. The van der Waals surface area contributed by atoms with Crippen LogP contribution in [0, 0.1) is 0 Å². The van der Waals surface area contributed by atoms with Crippen LogP contribution in [-0.4, -0.2) is 13.4 Å². The van der Waals surface area contributed by atoms with E-state index in [1.807, 2.05) is 6.07 Å². The molecule has 0 aromatic heterocycles. The summed E-state index contributed by atoms with van der Waals surface area (Å²) in [5.74, 6) is 1.42. The lowest BCUT2D eigenvalue weighted by atomic mass is 9.91. The second-order valence-corrected chi connectivity index (χ2v) is 4.62. The van der Waals surface area contributed by atoms with Crippen LogP contribution in [0.25, 0.3) is 0 Å². The standard InChI is InChI=1S/C14H20O2/c1-9(2)11-6-7-12(10(3)4)14(16-5)13(11)8-15/h6-10H,1-5H3. The van der Waals surface area contributed by atoms with Crippen molar-refractivity contribution in [3.8, 4) is 5.75 Å². The molecule has 0 heterocycles. The fourth-order valence-electron chi connectivity index (χ4n) is 1.94. The van der Waals surface area contributed by atoms with E-state index in [-0.39, 0.29) is 0 Å². The van der Waals surface area contributed by atoms with Crippen LogP contribution in [0.3, 0.4) is 0 Å². The number of hydrogen-bond donors (Lipinski definition) is 0. The van der Waals surface area contributed by atoms with E-state index in [4.69, 9.17) is 4.74 Å². The molecule has 0 amide bonds. The maximum atomic E-state index is 11.2. The molecule has 1 aromatic carbocycles. The van der Waals surface area contributed by atoms with Crippen molar-refractivity contribution in [1.82, 2.24) is 0 Å². The van der Waals surface area contributed by atoms with Gasteiger partial charge < -0.3 is 4.74 Å². The fraction of sp³-hybridized carbons (Fsp3) is 0.500. The van der Waals surface area contributed by atoms with Gasteiger partial charge in [-0.25, -0.2) is 0 Å². The van der Waals surface area contributed by atoms with E-state index < -0.39 is 0 Å². The molecule has 0 aliphatic rings. The number of benzene rings is 1. The molecule has 0 bridgehead atoms. The molecular weight excluding hydrogens is 200 g/mol. The SMILES string of the molecule is COc1c(C(C)C)ccc(C(C)C)c1C=O. The number of hydrogen-bond acceptors (Lipinski definition) is 2. The average molecular weight is 220 g/mol. The Morgan fingerprint density at radius 2 is 1.56 bits per heavy atom. The summed E-state index contributed by atoms with van der Waals surface area (Å²) in [5.41, 5.74) is 2.84. The predicted octanol–water partition coefficient (Wildman–Crippen LogP) is 3.75. The highest BCUT2D eigenvalue weighted by atomic mass is 16.5. The average Bonchev–Trinajstić information content (AvgIpc) is 2.26. The summed E-state index contributed by atoms with van der Waals surface area (Å²) in [4.78, 5) is 11.2. The molecule has 16 heavy (non-hydrogen) atoms. The van der Waals surface area contributed by atoms with Crippen molar-refractivity contribution in [3.63, 3.8) is 0 Å². The molecular formula is C14H20O2. The molecule has 0 unspecified atom stereocenters. The molecule has 2 nitrogen and oxygen atoms in total. The zero-order valence-corrected chi connectivity index (χ0v) is 10.7. The Morgan fingerprint density at radius 3 is 1.94 bits per heavy atom. The summed E-state index contributed by atoms with van der Waals surface area (Å²) in [5, 5.41) is 0. The van der Waals surface area contributed by atoms with Gasteiger partial charge in [0, 0.05) is 0 Å². The lowest BCUT2D eigenvalue weighted by Gasteiger charge is -2.18. The third kappa shape index (κ3) is 2.26. The number of methoxy groups -OCH3 is 1. The van der Waals surface area contributed by atoms with Gasteiger partial charge in [0.05, 0.1) is 12.7 Å². The zero-order chi connectivity index (χ0) is 12.3. The first-order valence-corrected chi connectivity index (χ1v) is 5.68. The van der Waals surface area contributed by atoms with Crippen LogP contribution in [0.2, 0.25) is 0 Å². The van der Waals surface area contributed by atoms with E-state index in [0.29, 0.717) is 17.4 Å². The monoisotopic (exact) mass is 220 g/mol. The summed E-state index contributed by atoms with van der Waals surface area (Å²) in [6.45, 7) is 8.36. The van der Waals surface area contributed by atoms with Crippen LogP contribution < -0.4 is 4.74 Å².